The molecule has 0 heterocycles. The number of para-hydroxylation sites is 1. The van der Waals surface area contributed by atoms with Crippen LogP contribution in [0, 0.1) is 11.3 Å². The molecule has 0 saturated carbocycles. The van der Waals surface area contributed by atoms with E-state index in [1.165, 1.54) is 13.2 Å². The maximum Gasteiger partial charge on any atom is 0.235 e. The molecule has 0 spiro atoms. The van der Waals surface area contributed by atoms with Crippen LogP contribution in [0.3, 0.4) is 0 Å². The van der Waals surface area contributed by atoms with E-state index in [1.54, 1.807) is 19.1 Å². The van der Waals surface area contributed by atoms with E-state index >= 15 is 0 Å². The summed E-state index contributed by atoms with van der Waals surface area (Å²) in [5.74, 6) is 0.128. The molecule has 7 heteroatoms. The lowest BCUT2D eigenvalue weighted by Gasteiger charge is -2.13. The molecule has 0 unspecified atom stereocenters. The average molecular weight is 284 g/mol. The maximum atomic E-state index is 11.9. The monoisotopic (exact) mass is 284 g/mol. The van der Waals surface area contributed by atoms with E-state index in [0.29, 0.717) is 12.4 Å². The fourth-order valence-electron chi connectivity index (χ4n) is 1.42. The number of hydrogen-bond donors (Lipinski definition) is 1. The second kappa shape index (κ2) is 6.97. The second-order valence-electron chi connectivity index (χ2n) is 3.61. The second-order valence-corrected chi connectivity index (χ2v) is 5.45. The van der Waals surface area contributed by atoms with Crippen LogP contribution in [0.4, 0.5) is 5.69 Å². The van der Waals surface area contributed by atoms with Crippen molar-refractivity contribution in [3.8, 4) is 11.8 Å². The first-order valence-corrected chi connectivity index (χ1v) is 7.34. The molecule has 1 rings (SSSR count). The van der Waals surface area contributed by atoms with Crippen molar-refractivity contribution in [3.05, 3.63) is 23.8 Å². The molecule has 1 aromatic rings. The van der Waals surface area contributed by atoms with Crippen LogP contribution in [0.5, 0.6) is 5.75 Å². The van der Waals surface area contributed by atoms with Gasteiger partial charge in [0.2, 0.25) is 10.0 Å². The molecule has 0 aliphatic heterocycles. The lowest BCUT2D eigenvalue weighted by atomic mass is 10.2. The summed E-state index contributed by atoms with van der Waals surface area (Å²) in [6.45, 7) is 2.34. The summed E-state index contributed by atoms with van der Waals surface area (Å²) in [4.78, 5) is 0. The summed E-state index contributed by atoms with van der Waals surface area (Å²) in [5.41, 5.74) is 0.364. The van der Waals surface area contributed by atoms with Gasteiger partial charge in [-0.15, -0.1) is 0 Å². The van der Waals surface area contributed by atoms with Crippen molar-refractivity contribution in [2.45, 2.75) is 6.92 Å². The minimum atomic E-state index is -3.58. The van der Waals surface area contributed by atoms with Crippen LogP contribution >= 0.6 is 0 Å². The van der Waals surface area contributed by atoms with Crippen molar-refractivity contribution in [1.29, 1.82) is 5.26 Å². The van der Waals surface area contributed by atoms with Crippen LogP contribution < -0.4 is 9.46 Å². The molecule has 0 radical (unpaired) electrons. The minimum Gasteiger partial charge on any atom is -0.495 e. The first-order chi connectivity index (χ1) is 9.04. The number of ether oxygens (including phenoxy) is 2. The number of nitrogens with zero attached hydrogens (tertiary/aromatic N) is 1. The van der Waals surface area contributed by atoms with Crippen LogP contribution in [-0.4, -0.2) is 34.5 Å². The van der Waals surface area contributed by atoms with Gasteiger partial charge in [-0.25, -0.2) is 8.42 Å². The summed E-state index contributed by atoms with van der Waals surface area (Å²) >= 11 is 0. The fraction of sp³-hybridized carbons (Fsp3) is 0.417. The zero-order valence-electron chi connectivity index (χ0n) is 10.8. The Hall–Kier alpha value is -1.78. The summed E-state index contributed by atoms with van der Waals surface area (Å²) in [6, 6.07) is 6.64. The van der Waals surface area contributed by atoms with E-state index in [0.717, 1.165) is 0 Å². The number of nitrogens with one attached hydrogen (secondary N) is 1. The van der Waals surface area contributed by atoms with Gasteiger partial charge in [0.05, 0.1) is 25.0 Å². The number of sulfonamides is 1. The van der Waals surface area contributed by atoms with Gasteiger partial charge in [-0.05, 0) is 19.1 Å². The minimum absolute atomic E-state index is 0.100. The van der Waals surface area contributed by atoms with Crippen LogP contribution in [0.25, 0.3) is 0 Å². The van der Waals surface area contributed by atoms with Gasteiger partial charge in [-0.2, -0.15) is 5.26 Å². The van der Waals surface area contributed by atoms with Crippen molar-refractivity contribution in [3.63, 3.8) is 0 Å². The third-order valence-electron chi connectivity index (χ3n) is 2.32. The SMILES string of the molecule is CCOCCS(=O)(=O)Nc1c(C#N)cccc1OC. The molecule has 104 valence electrons. The predicted octanol–water partition coefficient (Wildman–Crippen LogP) is 1.35. The van der Waals surface area contributed by atoms with Gasteiger partial charge in [0.1, 0.15) is 17.5 Å². The van der Waals surface area contributed by atoms with Crippen molar-refractivity contribution in [1.82, 2.24) is 0 Å². The van der Waals surface area contributed by atoms with Crippen LogP contribution in [0.2, 0.25) is 0 Å². The third-order valence-corrected chi connectivity index (χ3v) is 3.54. The molecule has 0 aliphatic carbocycles. The summed E-state index contributed by atoms with van der Waals surface area (Å²) in [6.07, 6.45) is 0. The highest BCUT2D eigenvalue weighted by Gasteiger charge is 2.16. The molecule has 0 bridgehead atoms. The highest BCUT2D eigenvalue weighted by Crippen LogP contribution is 2.28. The summed E-state index contributed by atoms with van der Waals surface area (Å²) in [5, 5.41) is 8.98. The molecule has 0 saturated heterocycles. The Morgan fingerprint density at radius 2 is 2.16 bits per heavy atom. The van der Waals surface area contributed by atoms with Gasteiger partial charge in [0.25, 0.3) is 0 Å². The largest absolute Gasteiger partial charge is 0.495 e. The Morgan fingerprint density at radius 3 is 2.74 bits per heavy atom. The van der Waals surface area contributed by atoms with E-state index in [9.17, 15) is 8.42 Å². The zero-order valence-corrected chi connectivity index (χ0v) is 11.7. The molecule has 19 heavy (non-hydrogen) atoms. The third kappa shape index (κ3) is 4.43. The van der Waals surface area contributed by atoms with E-state index in [1.807, 2.05) is 6.07 Å². The normalized spacial score (nSPS) is 10.8. The molecule has 0 aromatic heterocycles. The first kappa shape index (κ1) is 15.3. The quantitative estimate of drug-likeness (QED) is 0.763. The zero-order chi connectivity index (χ0) is 14.3. The standard InChI is InChI=1S/C12H16N2O4S/c1-3-18-7-8-19(15,16)14-12-10(9-13)5-4-6-11(12)17-2/h4-6,14H,3,7-8H2,1-2H3. The maximum absolute atomic E-state index is 11.9. The number of benzene rings is 1. The summed E-state index contributed by atoms with van der Waals surface area (Å²) in [7, 11) is -2.17. The number of nitriles is 1. The number of hydrogen-bond acceptors (Lipinski definition) is 5. The smallest absolute Gasteiger partial charge is 0.235 e. The highest BCUT2D eigenvalue weighted by molar-refractivity contribution is 7.92. The molecular formula is C12H16N2O4S. The average Bonchev–Trinajstić information content (AvgIpc) is 2.38. The fourth-order valence-corrected chi connectivity index (χ4v) is 2.38. The van der Waals surface area contributed by atoms with Gasteiger partial charge < -0.3 is 9.47 Å². The Kier molecular flexibility index (Phi) is 5.60. The summed E-state index contributed by atoms with van der Waals surface area (Å²) < 4.78 is 36.1. The molecule has 0 aliphatic rings. The number of methoxy groups -OCH3 is 1. The van der Waals surface area contributed by atoms with E-state index in [4.69, 9.17) is 14.7 Å². The number of anilines is 1. The predicted molar refractivity (Wildman–Crippen MR) is 71.6 cm³/mol. The molecule has 0 amide bonds. The van der Waals surface area contributed by atoms with E-state index in [2.05, 4.69) is 4.72 Å². The number of rotatable bonds is 7. The van der Waals surface area contributed by atoms with Crippen LogP contribution in [0.15, 0.2) is 18.2 Å². The van der Waals surface area contributed by atoms with Crippen LogP contribution in [0.1, 0.15) is 12.5 Å². The molecular weight excluding hydrogens is 268 g/mol. The topological polar surface area (TPSA) is 88.4 Å². The molecule has 0 atom stereocenters. The van der Waals surface area contributed by atoms with Crippen molar-refractivity contribution in [2.24, 2.45) is 0 Å². The Morgan fingerprint density at radius 1 is 1.42 bits per heavy atom. The van der Waals surface area contributed by atoms with Crippen molar-refractivity contribution >= 4 is 15.7 Å². The lowest BCUT2D eigenvalue weighted by molar-refractivity contribution is 0.163. The van der Waals surface area contributed by atoms with Crippen molar-refractivity contribution < 1.29 is 17.9 Å². The van der Waals surface area contributed by atoms with E-state index in [-0.39, 0.29) is 23.6 Å². The van der Waals surface area contributed by atoms with Gasteiger partial charge >= 0.3 is 0 Å². The Balaban J connectivity index is 2.95. The first-order valence-electron chi connectivity index (χ1n) is 5.69. The Bertz CT molecular complexity index is 564. The van der Waals surface area contributed by atoms with Gasteiger partial charge in [-0.1, -0.05) is 6.07 Å². The van der Waals surface area contributed by atoms with Crippen LogP contribution in [-0.2, 0) is 14.8 Å². The molecule has 1 N–H and O–H groups in total. The van der Waals surface area contributed by atoms with E-state index < -0.39 is 10.0 Å². The van der Waals surface area contributed by atoms with Crippen molar-refractivity contribution in [2.75, 3.05) is 30.8 Å². The lowest BCUT2D eigenvalue weighted by Crippen LogP contribution is -2.21. The van der Waals surface area contributed by atoms with Gasteiger partial charge in [0, 0.05) is 6.61 Å². The Labute approximate surface area is 113 Å². The highest BCUT2D eigenvalue weighted by atomic mass is 32.2. The van der Waals surface area contributed by atoms with Gasteiger partial charge in [0.15, 0.2) is 0 Å². The molecule has 1 aromatic carbocycles. The molecule has 6 nitrogen and oxygen atoms in total. The molecule has 0 fully saturated rings. The van der Waals surface area contributed by atoms with Gasteiger partial charge in [-0.3, -0.25) is 4.72 Å².